The summed E-state index contributed by atoms with van der Waals surface area (Å²) in [6.45, 7) is 15.6. The highest BCUT2D eigenvalue weighted by molar-refractivity contribution is 6.45. The molecular weight excluding hydrogens is 569 g/mol. The third kappa shape index (κ3) is 9.11. The summed E-state index contributed by atoms with van der Waals surface area (Å²) in [6.07, 6.45) is 4.08. The molecule has 1 aromatic carbocycles. The number of hydrogen-bond acceptors (Lipinski definition) is 5. The average Bonchev–Trinajstić information content (AvgIpc) is 3.09. The number of nitrogens with one attached hydrogen (secondary N) is 2. The van der Waals surface area contributed by atoms with Crippen LogP contribution in [0.25, 0.3) is 0 Å². The first-order valence-corrected chi connectivity index (χ1v) is 15.9. The Morgan fingerprint density at radius 1 is 0.977 bits per heavy atom. The summed E-state index contributed by atoms with van der Waals surface area (Å²) in [5.41, 5.74) is -1.53. The molecule has 0 bridgehead atoms. The van der Waals surface area contributed by atoms with Crippen molar-refractivity contribution in [2.24, 2.45) is 5.92 Å². The molecule has 2 fully saturated rings. The van der Waals surface area contributed by atoms with Gasteiger partial charge in [-0.05, 0) is 111 Å². The van der Waals surface area contributed by atoms with Gasteiger partial charge < -0.3 is 29.9 Å². The van der Waals surface area contributed by atoms with E-state index in [0.29, 0.717) is 49.9 Å². The van der Waals surface area contributed by atoms with Crippen molar-refractivity contribution in [1.29, 1.82) is 0 Å². The van der Waals surface area contributed by atoms with Crippen molar-refractivity contribution in [3.8, 4) is 0 Å². The second-order valence-corrected chi connectivity index (χ2v) is 14.8. The van der Waals surface area contributed by atoms with Crippen LogP contribution in [0.5, 0.6) is 0 Å². The number of rotatable bonds is 11. The van der Waals surface area contributed by atoms with E-state index in [9.17, 15) is 19.5 Å². The quantitative estimate of drug-likeness (QED) is 0.194. The van der Waals surface area contributed by atoms with Gasteiger partial charge in [-0.25, -0.2) is 4.79 Å². The average molecular weight is 620 g/mol. The van der Waals surface area contributed by atoms with Crippen LogP contribution in [0.4, 0.5) is 4.79 Å². The Morgan fingerprint density at radius 3 is 2.02 bits per heavy atom. The number of carbonyl (C=O) groups is 3. The highest BCUT2D eigenvalue weighted by Crippen LogP contribution is 2.40. The molecule has 0 unspecified atom stereocenters. The molecule has 2 aliphatic rings. The van der Waals surface area contributed by atoms with Crippen molar-refractivity contribution in [3.63, 3.8) is 0 Å². The molecule has 3 amide bonds. The molecule has 240 valence electrons. The summed E-state index contributed by atoms with van der Waals surface area (Å²) in [4.78, 5) is 40.4. The second-order valence-electron chi connectivity index (χ2n) is 14.3. The van der Waals surface area contributed by atoms with Gasteiger partial charge in [-0.1, -0.05) is 36.6 Å². The van der Waals surface area contributed by atoms with E-state index in [1.54, 1.807) is 12.1 Å². The van der Waals surface area contributed by atoms with E-state index >= 15 is 0 Å². The minimum absolute atomic E-state index is 0.141. The standard InChI is InChI=1S/C32H51BClN3O6/c1-22(38)35-32(27(39)36-29(2,3)4,19-9-10-20-33-42-30(5,6)31(7,8)43-33)24-13-17-26(18-14-24)37(28(40)41)21-23-11-15-25(34)16-12-23/h11-12,15-16,24,26H,9-10,13-14,17-21H2,1-8H3,(H,35,38)(H,36,39)(H,40,41)/t24?,26?,32-/m0/s1. The fourth-order valence-corrected chi connectivity index (χ4v) is 6.43. The van der Waals surface area contributed by atoms with E-state index in [2.05, 4.69) is 10.6 Å². The van der Waals surface area contributed by atoms with Crippen LogP contribution in [-0.2, 0) is 25.4 Å². The normalized spacial score (nSPS) is 22.9. The molecule has 1 atom stereocenters. The predicted molar refractivity (Wildman–Crippen MR) is 170 cm³/mol. The largest absolute Gasteiger partial charge is 0.465 e. The number of carboxylic acid groups (broad SMARTS) is 1. The molecule has 1 aliphatic carbocycles. The van der Waals surface area contributed by atoms with E-state index in [1.807, 2.05) is 60.6 Å². The Balaban J connectivity index is 1.75. The van der Waals surface area contributed by atoms with Gasteiger partial charge in [0.1, 0.15) is 5.54 Å². The van der Waals surface area contributed by atoms with Crippen LogP contribution in [0.3, 0.4) is 0 Å². The van der Waals surface area contributed by atoms with Crippen molar-refractivity contribution in [1.82, 2.24) is 15.5 Å². The zero-order chi connectivity index (χ0) is 32.2. The SMILES string of the molecule is CC(=O)N[C@](CCCCB1OC(C)(C)C(C)(C)O1)(C(=O)NC(C)(C)C)C1CCC(N(Cc2ccc(Cl)cc2)C(=O)O)CC1. The van der Waals surface area contributed by atoms with E-state index in [0.717, 1.165) is 12.0 Å². The smallest absolute Gasteiger partial charge is 0.457 e. The van der Waals surface area contributed by atoms with E-state index < -0.39 is 28.4 Å². The molecular formula is C32H51BClN3O6. The van der Waals surface area contributed by atoms with Crippen molar-refractivity contribution in [3.05, 3.63) is 34.9 Å². The number of nitrogens with zero attached hydrogens (tertiary/aromatic N) is 1. The minimum Gasteiger partial charge on any atom is -0.465 e. The fourth-order valence-electron chi connectivity index (χ4n) is 6.31. The van der Waals surface area contributed by atoms with Gasteiger partial charge in [0.05, 0.1) is 11.2 Å². The molecule has 0 aromatic heterocycles. The zero-order valence-corrected chi connectivity index (χ0v) is 28.0. The molecule has 3 N–H and O–H groups in total. The van der Waals surface area contributed by atoms with Crippen LogP contribution >= 0.6 is 11.6 Å². The molecule has 1 heterocycles. The first-order valence-electron chi connectivity index (χ1n) is 15.6. The Hall–Kier alpha value is -2.30. The summed E-state index contributed by atoms with van der Waals surface area (Å²) in [7, 11) is -0.318. The van der Waals surface area contributed by atoms with Gasteiger partial charge >= 0.3 is 13.2 Å². The van der Waals surface area contributed by atoms with E-state index in [-0.39, 0.29) is 37.4 Å². The molecule has 1 aromatic rings. The topological polar surface area (TPSA) is 117 Å². The second kappa shape index (κ2) is 13.8. The molecule has 0 spiro atoms. The molecule has 1 saturated heterocycles. The van der Waals surface area contributed by atoms with Crippen LogP contribution in [0.15, 0.2) is 24.3 Å². The Labute approximate surface area is 262 Å². The number of carbonyl (C=O) groups excluding carboxylic acids is 2. The molecule has 0 radical (unpaired) electrons. The van der Waals surface area contributed by atoms with Gasteiger partial charge in [0.25, 0.3) is 0 Å². The summed E-state index contributed by atoms with van der Waals surface area (Å²) < 4.78 is 12.3. The van der Waals surface area contributed by atoms with Crippen LogP contribution < -0.4 is 10.6 Å². The van der Waals surface area contributed by atoms with Crippen molar-refractivity contribution < 1.29 is 28.8 Å². The van der Waals surface area contributed by atoms with Gasteiger partial charge in [0.15, 0.2) is 0 Å². The number of benzene rings is 1. The highest BCUT2D eigenvalue weighted by atomic mass is 35.5. The molecule has 9 nitrogen and oxygen atoms in total. The minimum atomic E-state index is -1.11. The summed E-state index contributed by atoms with van der Waals surface area (Å²) >= 11 is 6.02. The monoisotopic (exact) mass is 619 g/mol. The van der Waals surface area contributed by atoms with Gasteiger partial charge in [-0.3, -0.25) is 9.59 Å². The summed E-state index contributed by atoms with van der Waals surface area (Å²) in [5.74, 6) is -0.587. The van der Waals surface area contributed by atoms with Crippen LogP contribution in [0, 0.1) is 5.92 Å². The third-order valence-electron chi connectivity index (χ3n) is 9.20. The maximum atomic E-state index is 14.0. The van der Waals surface area contributed by atoms with Gasteiger partial charge in [-0.15, -0.1) is 0 Å². The van der Waals surface area contributed by atoms with Crippen molar-refractivity contribution in [2.75, 3.05) is 0 Å². The molecule has 3 rings (SSSR count). The van der Waals surface area contributed by atoms with Gasteiger partial charge in [0, 0.05) is 30.1 Å². The Morgan fingerprint density at radius 2 is 1.53 bits per heavy atom. The van der Waals surface area contributed by atoms with Crippen LogP contribution in [0.1, 0.15) is 106 Å². The molecule has 11 heteroatoms. The lowest BCUT2D eigenvalue weighted by molar-refractivity contribution is -0.138. The summed E-state index contributed by atoms with van der Waals surface area (Å²) in [6, 6.07) is 7.01. The van der Waals surface area contributed by atoms with E-state index in [1.165, 1.54) is 11.8 Å². The molecule has 43 heavy (non-hydrogen) atoms. The Kier molecular flexibility index (Phi) is 11.3. The summed E-state index contributed by atoms with van der Waals surface area (Å²) in [5, 5.41) is 16.9. The molecule has 1 aliphatic heterocycles. The lowest BCUT2D eigenvalue weighted by atomic mass is 9.69. The van der Waals surface area contributed by atoms with Crippen LogP contribution in [-0.4, -0.2) is 63.4 Å². The predicted octanol–water partition coefficient (Wildman–Crippen LogP) is 6.43. The lowest BCUT2D eigenvalue weighted by Crippen LogP contribution is -2.65. The first kappa shape index (κ1) is 35.2. The van der Waals surface area contributed by atoms with Crippen LogP contribution in [0.2, 0.25) is 11.3 Å². The number of halogens is 1. The fraction of sp³-hybridized carbons (Fsp3) is 0.719. The number of unbranched alkanes of at least 4 members (excludes halogenated alkanes) is 1. The third-order valence-corrected chi connectivity index (χ3v) is 9.45. The highest BCUT2D eigenvalue weighted by Gasteiger charge is 2.51. The number of amides is 3. The van der Waals surface area contributed by atoms with Gasteiger partial charge in [0.2, 0.25) is 11.8 Å². The van der Waals surface area contributed by atoms with Crippen molar-refractivity contribution >= 4 is 36.6 Å². The molecule has 1 saturated carbocycles. The van der Waals surface area contributed by atoms with Gasteiger partial charge in [-0.2, -0.15) is 0 Å². The van der Waals surface area contributed by atoms with Crippen molar-refractivity contribution in [2.45, 2.75) is 142 Å². The lowest BCUT2D eigenvalue weighted by Gasteiger charge is -2.45. The number of hydrogen-bond donors (Lipinski definition) is 3. The zero-order valence-electron chi connectivity index (χ0n) is 27.2. The Bertz CT molecular complexity index is 1110. The van der Waals surface area contributed by atoms with E-state index in [4.69, 9.17) is 20.9 Å². The maximum absolute atomic E-state index is 14.0. The first-order chi connectivity index (χ1) is 19.8. The maximum Gasteiger partial charge on any atom is 0.457 e.